The molecule has 0 fully saturated rings. The summed E-state index contributed by atoms with van der Waals surface area (Å²) < 4.78 is 0. The summed E-state index contributed by atoms with van der Waals surface area (Å²) >= 11 is 0. The van der Waals surface area contributed by atoms with Gasteiger partial charge in [0.25, 0.3) is 0 Å². The number of rotatable bonds is 4. The van der Waals surface area contributed by atoms with Gasteiger partial charge >= 0.3 is 0 Å². The van der Waals surface area contributed by atoms with Gasteiger partial charge in [-0.15, -0.1) is 0 Å². The second-order valence-electron chi connectivity index (χ2n) is 9.15. The maximum Gasteiger partial charge on any atom is 0.119 e. The van der Waals surface area contributed by atoms with E-state index in [9.17, 15) is 5.11 Å². The first kappa shape index (κ1) is 20.2. The monoisotopic (exact) mass is 372 g/mol. The Balaban J connectivity index is 2.15. The van der Waals surface area contributed by atoms with Gasteiger partial charge in [0.05, 0.1) is 0 Å². The minimum atomic E-state index is -0.200. The highest BCUT2D eigenvalue weighted by atomic mass is 16.3. The third-order valence-electron chi connectivity index (χ3n) is 6.32. The summed E-state index contributed by atoms with van der Waals surface area (Å²) in [5.41, 5.74) is 7.88. The summed E-state index contributed by atoms with van der Waals surface area (Å²) in [4.78, 5) is 0. The molecule has 3 aromatic rings. The van der Waals surface area contributed by atoms with Gasteiger partial charge in [0, 0.05) is 10.8 Å². The molecule has 0 aliphatic heterocycles. The first-order valence-electron chi connectivity index (χ1n) is 10.0. The van der Waals surface area contributed by atoms with Gasteiger partial charge in [-0.25, -0.2) is 0 Å². The highest BCUT2D eigenvalue weighted by Gasteiger charge is 2.30. The Morgan fingerprint density at radius 3 is 1.46 bits per heavy atom. The van der Waals surface area contributed by atoms with E-state index in [-0.39, 0.29) is 10.8 Å². The molecule has 0 amide bonds. The van der Waals surface area contributed by atoms with Crippen LogP contribution in [0.1, 0.15) is 66.6 Å². The molecule has 1 N–H and O–H groups in total. The molecule has 0 unspecified atom stereocenters. The molecule has 0 spiro atoms. The lowest BCUT2D eigenvalue weighted by Crippen LogP contribution is -2.24. The summed E-state index contributed by atoms with van der Waals surface area (Å²) in [5.74, 6) is 0.368. The molecule has 28 heavy (non-hydrogen) atoms. The molecule has 0 saturated heterocycles. The number of hydrogen-bond donors (Lipinski definition) is 1. The van der Waals surface area contributed by atoms with Crippen LogP contribution < -0.4 is 0 Å². The SMILES string of the molecule is Cc1ccc(C(C)(C)c2cc(O)c(C)c(C(C)(C)c3ccc(C)cc3)c2)cc1. The topological polar surface area (TPSA) is 20.2 Å². The van der Waals surface area contributed by atoms with Crippen LogP contribution in [0.15, 0.2) is 60.7 Å². The second-order valence-corrected chi connectivity index (χ2v) is 9.15. The minimum Gasteiger partial charge on any atom is -0.508 e. The standard InChI is InChI=1S/C27H32O/c1-18-8-12-21(13-9-18)26(4,5)23-16-24(20(3)25(28)17-23)27(6,7)22-14-10-19(2)11-15-22/h8-17,28H,1-7H3. The molecule has 0 radical (unpaired) electrons. The van der Waals surface area contributed by atoms with Crippen molar-refractivity contribution in [2.24, 2.45) is 0 Å². The van der Waals surface area contributed by atoms with E-state index in [1.54, 1.807) is 0 Å². The summed E-state index contributed by atoms with van der Waals surface area (Å²) in [6.07, 6.45) is 0. The first-order valence-corrected chi connectivity index (χ1v) is 10.0. The van der Waals surface area contributed by atoms with Crippen molar-refractivity contribution in [1.82, 2.24) is 0 Å². The number of aryl methyl sites for hydroxylation is 2. The number of benzene rings is 3. The summed E-state index contributed by atoms with van der Waals surface area (Å²) in [7, 11) is 0. The van der Waals surface area contributed by atoms with Crippen molar-refractivity contribution in [3.8, 4) is 5.75 Å². The van der Waals surface area contributed by atoms with Crippen molar-refractivity contribution in [2.45, 2.75) is 59.3 Å². The number of aromatic hydroxyl groups is 1. The molecule has 0 saturated carbocycles. The summed E-state index contributed by atoms with van der Waals surface area (Å²) in [6.45, 7) is 15.2. The molecule has 0 atom stereocenters. The molecule has 1 nitrogen and oxygen atoms in total. The largest absolute Gasteiger partial charge is 0.508 e. The van der Waals surface area contributed by atoms with Crippen molar-refractivity contribution in [3.63, 3.8) is 0 Å². The third kappa shape index (κ3) is 3.58. The van der Waals surface area contributed by atoms with E-state index < -0.39 is 0 Å². The molecular weight excluding hydrogens is 340 g/mol. The maximum atomic E-state index is 10.8. The van der Waals surface area contributed by atoms with Crippen LogP contribution in [0.25, 0.3) is 0 Å². The van der Waals surface area contributed by atoms with Crippen LogP contribution in [-0.2, 0) is 10.8 Å². The van der Waals surface area contributed by atoms with Gasteiger partial charge in [0.1, 0.15) is 5.75 Å². The maximum absolute atomic E-state index is 10.8. The van der Waals surface area contributed by atoms with Gasteiger partial charge in [0.2, 0.25) is 0 Å². The molecule has 146 valence electrons. The fourth-order valence-corrected chi connectivity index (χ4v) is 3.97. The smallest absolute Gasteiger partial charge is 0.119 e. The van der Waals surface area contributed by atoms with E-state index >= 15 is 0 Å². The molecule has 0 heterocycles. The van der Waals surface area contributed by atoms with Crippen LogP contribution in [0.3, 0.4) is 0 Å². The Bertz CT molecular complexity index is 974. The lowest BCUT2D eigenvalue weighted by molar-refractivity contribution is 0.463. The van der Waals surface area contributed by atoms with Crippen molar-refractivity contribution in [1.29, 1.82) is 0 Å². The van der Waals surface area contributed by atoms with Gasteiger partial charge in [-0.1, -0.05) is 93.4 Å². The molecule has 1 heteroatoms. The van der Waals surface area contributed by atoms with E-state index in [0.29, 0.717) is 5.75 Å². The van der Waals surface area contributed by atoms with Crippen LogP contribution >= 0.6 is 0 Å². The zero-order chi connectivity index (χ0) is 20.7. The Kier molecular flexibility index (Phi) is 5.14. The molecule has 3 aromatic carbocycles. The number of phenolic OH excluding ortho intramolecular Hbond substituents is 1. The van der Waals surface area contributed by atoms with Crippen molar-refractivity contribution in [2.75, 3.05) is 0 Å². The van der Waals surface area contributed by atoms with Gasteiger partial charge < -0.3 is 5.11 Å². The van der Waals surface area contributed by atoms with E-state index in [0.717, 1.165) is 11.1 Å². The highest BCUT2D eigenvalue weighted by molar-refractivity contribution is 5.53. The van der Waals surface area contributed by atoms with Crippen LogP contribution in [0.4, 0.5) is 0 Å². The Labute approximate surface area is 170 Å². The molecule has 3 rings (SSSR count). The predicted octanol–water partition coefficient (Wildman–Crippen LogP) is 6.97. The first-order chi connectivity index (χ1) is 13.0. The molecule has 0 bridgehead atoms. The third-order valence-corrected chi connectivity index (χ3v) is 6.32. The molecule has 0 aliphatic carbocycles. The summed E-state index contributed by atoms with van der Waals surface area (Å²) in [5, 5.41) is 10.8. The Hall–Kier alpha value is -2.54. The summed E-state index contributed by atoms with van der Waals surface area (Å²) in [6, 6.07) is 21.6. The van der Waals surface area contributed by atoms with E-state index in [2.05, 4.69) is 96.1 Å². The fraction of sp³-hybridized carbons (Fsp3) is 0.333. The number of phenols is 1. The number of hydrogen-bond acceptors (Lipinski definition) is 1. The van der Waals surface area contributed by atoms with Gasteiger partial charge in [-0.05, 0) is 54.7 Å². The zero-order valence-electron chi connectivity index (χ0n) is 18.2. The Morgan fingerprint density at radius 2 is 1.00 bits per heavy atom. The zero-order valence-corrected chi connectivity index (χ0v) is 18.2. The average Bonchev–Trinajstić information content (AvgIpc) is 2.64. The van der Waals surface area contributed by atoms with Crippen molar-refractivity contribution in [3.05, 3.63) is 99.6 Å². The second kappa shape index (κ2) is 7.13. The molecular formula is C27H32O. The average molecular weight is 373 g/mol. The van der Waals surface area contributed by atoms with E-state index in [1.165, 1.54) is 27.8 Å². The quantitative estimate of drug-likeness (QED) is 0.524. The lowest BCUT2D eigenvalue weighted by Gasteiger charge is -2.32. The normalized spacial score (nSPS) is 12.2. The van der Waals surface area contributed by atoms with Crippen molar-refractivity contribution < 1.29 is 5.11 Å². The van der Waals surface area contributed by atoms with Gasteiger partial charge in [-0.3, -0.25) is 0 Å². The lowest BCUT2D eigenvalue weighted by atomic mass is 9.71. The molecule has 0 aliphatic rings. The van der Waals surface area contributed by atoms with Crippen LogP contribution in [-0.4, -0.2) is 5.11 Å². The molecule has 0 aromatic heterocycles. The van der Waals surface area contributed by atoms with Crippen LogP contribution in [0.2, 0.25) is 0 Å². The fourth-order valence-electron chi connectivity index (χ4n) is 3.97. The van der Waals surface area contributed by atoms with Crippen LogP contribution in [0.5, 0.6) is 5.75 Å². The van der Waals surface area contributed by atoms with E-state index in [4.69, 9.17) is 0 Å². The Morgan fingerprint density at radius 1 is 0.571 bits per heavy atom. The predicted molar refractivity (Wildman–Crippen MR) is 119 cm³/mol. The van der Waals surface area contributed by atoms with Crippen molar-refractivity contribution >= 4 is 0 Å². The van der Waals surface area contributed by atoms with Gasteiger partial charge in [0.15, 0.2) is 0 Å². The van der Waals surface area contributed by atoms with Gasteiger partial charge in [-0.2, -0.15) is 0 Å². The highest BCUT2D eigenvalue weighted by Crippen LogP contribution is 2.41. The van der Waals surface area contributed by atoms with Crippen LogP contribution in [0, 0.1) is 20.8 Å². The van der Waals surface area contributed by atoms with E-state index in [1.807, 2.05) is 13.0 Å². The minimum absolute atomic E-state index is 0.197.